The summed E-state index contributed by atoms with van der Waals surface area (Å²) < 4.78 is 38.3. The maximum absolute atomic E-state index is 12.8. The van der Waals surface area contributed by atoms with Gasteiger partial charge < -0.3 is 32.7 Å². The molecule has 1 atom stereocenters. The summed E-state index contributed by atoms with van der Waals surface area (Å²) >= 11 is 0. The number of urea groups is 1. The normalized spacial score (nSPS) is 12.0. The van der Waals surface area contributed by atoms with Gasteiger partial charge in [0.25, 0.3) is 5.91 Å². The van der Waals surface area contributed by atoms with E-state index in [4.69, 9.17) is 11.5 Å². The Balaban J connectivity index is 1.36. The minimum atomic E-state index is -4.45. The van der Waals surface area contributed by atoms with Crippen LogP contribution in [0.25, 0.3) is 0 Å². The highest BCUT2D eigenvalue weighted by molar-refractivity contribution is 6.04. The van der Waals surface area contributed by atoms with E-state index in [1.54, 1.807) is 60.7 Å². The van der Waals surface area contributed by atoms with E-state index in [0.29, 0.717) is 22.6 Å². The van der Waals surface area contributed by atoms with E-state index in [0.717, 1.165) is 23.3 Å². The van der Waals surface area contributed by atoms with Gasteiger partial charge in [-0.3, -0.25) is 4.79 Å². The monoisotopic (exact) mass is 562 g/mol. The molecule has 0 aliphatic rings. The van der Waals surface area contributed by atoms with Crippen molar-refractivity contribution in [1.82, 2.24) is 0 Å². The van der Waals surface area contributed by atoms with E-state index in [9.17, 15) is 22.8 Å². The zero-order valence-corrected chi connectivity index (χ0v) is 22.0. The first kappa shape index (κ1) is 29.1. The quantitative estimate of drug-likeness (QED) is 0.133. The zero-order chi connectivity index (χ0) is 29.6. The summed E-state index contributed by atoms with van der Waals surface area (Å²) in [7, 11) is 0. The van der Waals surface area contributed by atoms with E-state index in [1.807, 2.05) is 19.1 Å². The predicted octanol–water partition coefficient (Wildman–Crippen LogP) is 6.69. The molecule has 41 heavy (non-hydrogen) atoms. The molecule has 8 nitrogen and oxygen atoms in total. The number of rotatable bonds is 8. The van der Waals surface area contributed by atoms with Crippen LogP contribution in [0.4, 0.5) is 40.7 Å². The number of nitrogens with two attached hydrogens (primary N) is 2. The second kappa shape index (κ2) is 12.5. The molecule has 212 valence electrons. The number of nitrogens with one attached hydrogen (secondary N) is 4. The average Bonchev–Trinajstić information content (AvgIpc) is 2.94. The molecule has 0 bridgehead atoms. The van der Waals surface area contributed by atoms with E-state index >= 15 is 0 Å². The Kier molecular flexibility index (Phi) is 8.91. The lowest BCUT2D eigenvalue weighted by atomic mass is 10.0. The molecule has 0 saturated carbocycles. The average molecular weight is 563 g/mol. The van der Waals surface area contributed by atoms with Crippen LogP contribution in [0.3, 0.4) is 0 Å². The maximum Gasteiger partial charge on any atom is 0.416 e. The van der Waals surface area contributed by atoms with Crippen molar-refractivity contribution in [1.29, 1.82) is 0 Å². The Hall–Kier alpha value is -4.87. The van der Waals surface area contributed by atoms with Gasteiger partial charge in [0.15, 0.2) is 0 Å². The van der Waals surface area contributed by atoms with Gasteiger partial charge in [0.1, 0.15) is 0 Å². The van der Waals surface area contributed by atoms with E-state index < -0.39 is 29.8 Å². The number of anilines is 4. The molecular weight excluding hydrogens is 533 g/mol. The summed E-state index contributed by atoms with van der Waals surface area (Å²) in [6.45, 7) is 1.93. The van der Waals surface area contributed by atoms with Gasteiger partial charge in [0.2, 0.25) is 0 Å². The minimum absolute atomic E-state index is 0.193. The highest BCUT2D eigenvalue weighted by Gasteiger charge is 2.30. The van der Waals surface area contributed by atoms with Crippen molar-refractivity contribution in [2.75, 3.05) is 21.3 Å². The van der Waals surface area contributed by atoms with Gasteiger partial charge in [-0.2, -0.15) is 13.2 Å². The SMILES string of the molecule is CC(Nc1ccccc1NC(=O)Nc1ccc(C(N)N)cc1)c1ccc(C(=O)Nc2ccc(C(F)(F)F)cc2)cc1. The largest absolute Gasteiger partial charge is 0.416 e. The number of halogens is 3. The van der Waals surface area contributed by atoms with Crippen molar-refractivity contribution in [3.63, 3.8) is 0 Å². The number of benzene rings is 4. The molecule has 4 aromatic carbocycles. The molecule has 0 fully saturated rings. The van der Waals surface area contributed by atoms with Crippen molar-refractivity contribution in [3.8, 4) is 0 Å². The molecule has 1 unspecified atom stereocenters. The Labute approximate surface area is 234 Å². The number of carbonyl (C=O) groups is 2. The van der Waals surface area contributed by atoms with Gasteiger partial charge in [-0.25, -0.2) is 4.79 Å². The first-order valence-electron chi connectivity index (χ1n) is 12.6. The molecule has 0 aliphatic carbocycles. The highest BCUT2D eigenvalue weighted by atomic mass is 19.4. The highest BCUT2D eigenvalue weighted by Crippen LogP contribution is 2.30. The number of para-hydroxylation sites is 2. The summed E-state index contributed by atoms with van der Waals surface area (Å²) in [6, 6.07) is 24.6. The van der Waals surface area contributed by atoms with Crippen LogP contribution >= 0.6 is 0 Å². The molecule has 4 rings (SSSR count). The summed E-state index contributed by atoms with van der Waals surface area (Å²) in [5.74, 6) is -0.446. The molecule has 11 heteroatoms. The third kappa shape index (κ3) is 7.84. The second-order valence-electron chi connectivity index (χ2n) is 9.29. The van der Waals surface area contributed by atoms with Gasteiger partial charge in [-0.05, 0) is 78.7 Å². The van der Waals surface area contributed by atoms with Crippen LogP contribution in [-0.4, -0.2) is 11.9 Å². The van der Waals surface area contributed by atoms with Crippen LogP contribution in [0.1, 0.15) is 46.2 Å². The maximum atomic E-state index is 12.8. The topological polar surface area (TPSA) is 134 Å². The Bertz CT molecular complexity index is 1490. The molecule has 0 saturated heterocycles. The number of alkyl halides is 3. The third-order valence-corrected chi connectivity index (χ3v) is 6.24. The predicted molar refractivity (Wildman–Crippen MR) is 155 cm³/mol. The molecule has 3 amide bonds. The first-order chi connectivity index (χ1) is 19.5. The fourth-order valence-electron chi connectivity index (χ4n) is 3.98. The van der Waals surface area contributed by atoms with Crippen LogP contribution in [-0.2, 0) is 6.18 Å². The Morgan fingerprint density at radius 1 is 0.683 bits per heavy atom. The molecule has 0 spiro atoms. The molecule has 4 aromatic rings. The zero-order valence-electron chi connectivity index (χ0n) is 22.0. The van der Waals surface area contributed by atoms with Crippen LogP contribution in [0.15, 0.2) is 97.1 Å². The van der Waals surface area contributed by atoms with E-state index in [1.165, 1.54) is 12.1 Å². The first-order valence-corrected chi connectivity index (χ1v) is 12.6. The van der Waals surface area contributed by atoms with Crippen molar-refractivity contribution in [2.24, 2.45) is 11.5 Å². The van der Waals surface area contributed by atoms with Crippen LogP contribution in [0, 0.1) is 0 Å². The number of carbonyl (C=O) groups excluding carboxylic acids is 2. The fraction of sp³-hybridized carbons (Fsp3) is 0.133. The smallest absolute Gasteiger partial charge is 0.377 e. The molecule has 0 aliphatic heterocycles. The fourth-order valence-corrected chi connectivity index (χ4v) is 3.98. The van der Waals surface area contributed by atoms with Gasteiger partial charge >= 0.3 is 12.2 Å². The summed E-state index contributed by atoms with van der Waals surface area (Å²) in [4.78, 5) is 25.2. The second-order valence-corrected chi connectivity index (χ2v) is 9.29. The van der Waals surface area contributed by atoms with Crippen LogP contribution < -0.4 is 32.7 Å². The van der Waals surface area contributed by atoms with Crippen LogP contribution in [0.5, 0.6) is 0 Å². The third-order valence-electron chi connectivity index (χ3n) is 6.24. The summed E-state index contributed by atoms with van der Waals surface area (Å²) in [6.07, 6.45) is -5.04. The van der Waals surface area contributed by atoms with Gasteiger partial charge in [0.05, 0.1) is 23.1 Å². The van der Waals surface area contributed by atoms with Crippen molar-refractivity contribution in [2.45, 2.75) is 25.3 Å². The van der Waals surface area contributed by atoms with Crippen molar-refractivity contribution >= 4 is 34.7 Å². The van der Waals surface area contributed by atoms with Gasteiger partial charge in [0, 0.05) is 23.0 Å². The Morgan fingerprint density at radius 3 is 1.80 bits per heavy atom. The van der Waals surface area contributed by atoms with E-state index in [-0.39, 0.29) is 11.7 Å². The minimum Gasteiger partial charge on any atom is -0.377 e. The summed E-state index contributed by atoms with van der Waals surface area (Å²) in [5.41, 5.74) is 14.6. The number of amides is 3. The summed E-state index contributed by atoms with van der Waals surface area (Å²) in [5, 5.41) is 11.6. The van der Waals surface area contributed by atoms with Crippen molar-refractivity contribution in [3.05, 3.63) is 119 Å². The van der Waals surface area contributed by atoms with Gasteiger partial charge in [-0.15, -0.1) is 0 Å². The molecule has 0 radical (unpaired) electrons. The Morgan fingerprint density at radius 2 is 1.22 bits per heavy atom. The molecular formula is C30H29F3N6O2. The standard InChI is InChI=1S/C30H29F3N6O2/c1-18(19-6-8-21(9-7-19)28(40)37-23-16-12-22(13-17-23)30(31,32)33)36-25-4-2-3-5-26(25)39-29(41)38-24-14-10-20(11-15-24)27(34)35/h2-18,27,36H,34-35H2,1H3,(H,37,40)(H2,38,39,41). The van der Waals surface area contributed by atoms with Crippen LogP contribution in [0.2, 0.25) is 0 Å². The number of hydrogen-bond acceptors (Lipinski definition) is 5. The van der Waals surface area contributed by atoms with Crippen molar-refractivity contribution < 1.29 is 22.8 Å². The lowest BCUT2D eigenvalue weighted by molar-refractivity contribution is -0.137. The lowest BCUT2D eigenvalue weighted by Gasteiger charge is -2.19. The van der Waals surface area contributed by atoms with E-state index in [2.05, 4.69) is 21.3 Å². The lowest BCUT2D eigenvalue weighted by Crippen LogP contribution is -2.21. The van der Waals surface area contributed by atoms with Gasteiger partial charge in [-0.1, -0.05) is 36.4 Å². The molecule has 0 heterocycles. The molecule has 0 aromatic heterocycles. The molecule has 8 N–H and O–H groups in total. The number of hydrogen-bond donors (Lipinski definition) is 6.